The molecule has 0 aliphatic heterocycles. The predicted molar refractivity (Wildman–Crippen MR) is 193 cm³/mol. The van der Waals surface area contributed by atoms with Crippen molar-refractivity contribution in [2.75, 3.05) is 52.6 Å². The average Bonchev–Trinajstić information content (AvgIpc) is 3.06. The molecule has 0 aromatic carbocycles. The molecule has 8 heteroatoms. The highest BCUT2D eigenvalue weighted by Crippen LogP contribution is 2.11. The molecule has 0 saturated carbocycles. The molecule has 0 bridgehead atoms. The van der Waals surface area contributed by atoms with E-state index in [1.807, 2.05) is 0 Å². The van der Waals surface area contributed by atoms with Crippen molar-refractivity contribution in [3.05, 3.63) is 0 Å². The normalized spacial score (nSPS) is 10.9. The molecule has 0 spiro atoms. The largest absolute Gasteiger partial charge is 0.466 e. The molecular formula is C38H78N2O6. The zero-order valence-corrected chi connectivity index (χ0v) is 30.6. The van der Waals surface area contributed by atoms with E-state index in [0.717, 1.165) is 64.5 Å². The summed E-state index contributed by atoms with van der Waals surface area (Å²) in [5.41, 5.74) is 0. The number of aliphatic hydroxyl groups is 2. The zero-order chi connectivity index (χ0) is 34.0. The van der Waals surface area contributed by atoms with Crippen LogP contribution < -0.4 is 10.6 Å². The summed E-state index contributed by atoms with van der Waals surface area (Å²) in [7, 11) is 0. The summed E-state index contributed by atoms with van der Waals surface area (Å²) < 4.78 is 10.5. The van der Waals surface area contributed by atoms with Gasteiger partial charge < -0.3 is 30.3 Å². The van der Waals surface area contributed by atoms with Crippen LogP contribution in [0.2, 0.25) is 0 Å². The number of carbonyl (C=O) groups is 2. The van der Waals surface area contributed by atoms with Crippen molar-refractivity contribution < 1.29 is 29.3 Å². The number of hydrogen-bond donors (Lipinski definition) is 4. The monoisotopic (exact) mass is 659 g/mol. The lowest BCUT2D eigenvalue weighted by Crippen LogP contribution is -2.19. The number of nitrogens with one attached hydrogen (secondary N) is 2. The lowest BCUT2D eigenvalue weighted by Gasteiger charge is -2.05. The van der Waals surface area contributed by atoms with E-state index in [0.29, 0.717) is 39.1 Å². The molecule has 0 aromatic rings. The van der Waals surface area contributed by atoms with E-state index in [9.17, 15) is 9.59 Å². The van der Waals surface area contributed by atoms with Crippen LogP contribution in [-0.2, 0) is 19.1 Å². The summed E-state index contributed by atoms with van der Waals surface area (Å²) in [5, 5.41) is 23.5. The summed E-state index contributed by atoms with van der Waals surface area (Å²) in [6.45, 7) is 9.18. The Morgan fingerprint density at radius 1 is 0.413 bits per heavy atom. The Labute approximate surface area is 284 Å². The Morgan fingerprint density at radius 2 is 0.717 bits per heavy atom. The molecule has 0 unspecified atom stereocenters. The van der Waals surface area contributed by atoms with Gasteiger partial charge in [0, 0.05) is 25.9 Å². The van der Waals surface area contributed by atoms with E-state index in [4.69, 9.17) is 19.7 Å². The fraction of sp³-hybridized carbons (Fsp3) is 0.947. The van der Waals surface area contributed by atoms with Crippen LogP contribution in [0.15, 0.2) is 0 Å². The lowest BCUT2D eigenvalue weighted by molar-refractivity contribution is -0.144. The molecule has 0 saturated heterocycles. The van der Waals surface area contributed by atoms with Crippen molar-refractivity contribution in [1.29, 1.82) is 0 Å². The summed E-state index contributed by atoms with van der Waals surface area (Å²) in [4.78, 5) is 23.1. The van der Waals surface area contributed by atoms with Crippen molar-refractivity contribution in [3.63, 3.8) is 0 Å². The highest BCUT2D eigenvalue weighted by Gasteiger charge is 2.03. The van der Waals surface area contributed by atoms with Crippen LogP contribution >= 0.6 is 0 Å². The van der Waals surface area contributed by atoms with Gasteiger partial charge in [0.2, 0.25) is 0 Å². The van der Waals surface area contributed by atoms with E-state index in [1.54, 1.807) is 0 Å². The first kappa shape index (κ1) is 46.9. The van der Waals surface area contributed by atoms with Crippen LogP contribution in [0.25, 0.3) is 0 Å². The summed E-state index contributed by atoms with van der Waals surface area (Å²) in [5.74, 6) is -0.0965. The quantitative estimate of drug-likeness (QED) is 0.0392. The Bertz CT molecular complexity index is 544. The molecule has 0 atom stereocenters. The number of aliphatic hydroxyl groups excluding tert-OH is 2. The van der Waals surface area contributed by atoms with Gasteiger partial charge in [0.25, 0.3) is 0 Å². The first-order chi connectivity index (χ1) is 22.6. The van der Waals surface area contributed by atoms with Gasteiger partial charge in [0.05, 0.1) is 26.4 Å². The van der Waals surface area contributed by atoms with Gasteiger partial charge in [-0.05, 0) is 51.6 Å². The minimum Gasteiger partial charge on any atom is -0.466 e. The van der Waals surface area contributed by atoms with Crippen molar-refractivity contribution in [3.8, 4) is 0 Å². The molecule has 0 aliphatic rings. The topological polar surface area (TPSA) is 117 Å². The molecular weight excluding hydrogens is 580 g/mol. The maximum Gasteiger partial charge on any atom is 0.305 e. The Morgan fingerprint density at radius 3 is 1.04 bits per heavy atom. The van der Waals surface area contributed by atoms with Crippen LogP contribution in [-0.4, -0.2) is 74.8 Å². The number of carbonyl (C=O) groups excluding carboxylic acids is 2. The molecule has 0 aromatic heterocycles. The minimum atomic E-state index is -0.0483. The Balaban J connectivity index is 0. The van der Waals surface area contributed by atoms with Crippen LogP contribution in [0.5, 0.6) is 0 Å². The third kappa shape index (κ3) is 44.9. The summed E-state index contributed by atoms with van der Waals surface area (Å²) in [6.07, 6.45) is 30.2. The zero-order valence-electron chi connectivity index (χ0n) is 30.6. The van der Waals surface area contributed by atoms with Crippen molar-refractivity contribution >= 4 is 11.9 Å². The van der Waals surface area contributed by atoms with Crippen LogP contribution in [0.4, 0.5) is 0 Å². The van der Waals surface area contributed by atoms with Gasteiger partial charge in [0.15, 0.2) is 0 Å². The second kappa shape index (κ2) is 43.8. The second-order valence-electron chi connectivity index (χ2n) is 12.7. The Hall–Kier alpha value is -1.22. The number of ether oxygens (including phenoxy) is 2. The van der Waals surface area contributed by atoms with Gasteiger partial charge in [0.1, 0.15) is 0 Å². The molecule has 4 N–H and O–H groups in total. The van der Waals surface area contributed by atoms with Gasteiger partial charge in [-0.2, -0.15) is 0 Å². The van der Waals surface area contributed by atoms with Crippen molar-refractivity contribution in [1.82, 2.24) is 10.6 Å². The summed E-state index contributed by atoms with van der Waals surface area (Å²) >= 11 is 0. The van der Waals surface area contributed by atoms with Gasteiger partial charge in [-0.1, -0.05) is 129 Å². The highest BCUT2D eigenvalue weighted by molar-refractivity contribution is 5.69. The van der Waals surface area contributed by atoms with E-state index in [1.165, 1.54) is 103 Å². The number of hydrogen-bond acceptors (Lipinski definition) is 8. The fourth-order valence-electron chi connectivity index (χ4n) is 5.14. The third-order valence-corrected chi connectivity index (χ3v) is 8.07. The first-order valence-electron chi connectivity index (χ1n) is 19.6. The predicted octanol–water partition coefficient (Wildman–Crippen LogP) is 8.41. The molecule has 0 rings (SSSR count). The number of rotatable bonds is 36. The summed E-state index contributed by atoms with van der Waals surface area (Å²) in [6, 6.07) is 0. The molecule has 0 heterocycles. The lowest BCUT2D eigenvalue weighted by atomic mass is 10.1. The maximum absolute atomic E-state index is 11.5. The molecule has 8 nitrogen and oxygen atoms in total. The Kier molecular flexibility index (Phi) is 44.6. The molecule has 0 amide bonds. The molecule has 0 fully saturated rings. The number of unbranched alkanes of at least 4 members (excludes halogenated alkanes) is 20. The van der Waals surface area contributed by atoms with Crippen molar-refractivity contribution in [2.24, 2.45) is 0 Å². The van der Waals surface area contributed by atoms with Gasteiger partial charge >= 0.3 is 11.9 Å². The minimum absolute atomic E-state index is 0.0483. The smallest absolute Gasteiger partial charge is 0.305 e. The van der Waals surface area contributed by atoms with Gasteiger partial charge in [-0.25, -0.2) is 0 Å². The SMILES string of the molecule is CCCCCCCCCCCOC(=O)CCCCCNCCO.CCCCCCCCCCCOC(=O)CCCCCNCCO. The van der Waals surface area contributed by atoms with Gasteiger partial charge in [-0.3, -0.25) is 9.59 Å². The third-order valence-electron chi connectivity index (χ3n) is 8.07. The standard InChI is InChI=1S/2C19H39NO3/c2*1-2-3-4-5-6-7-8-9-13-18-23-19(22)14-11-10-12-15-20-16-17-21/h2*20-21H,2-18H2,1H3. The van der Waals surface area contributed by atoms with E-state index in [-0.39, 0.29) is 25.2 Å². The van der Waals surface area contributed by atoms with Gasteiger partial charge in [-0.15, -0.1) is 0 Å². The molecule has 46 heavy (non-hydrogen) atoms. The second-order valence-corrected chi connectivity index (χ2v) is 12.7. The molecule has 0 aliphatic carbocycles. The van der Waals surface area contributed by atoms with E-state index >= 15 is 0 Å². The average molecular weight is 659 g/mol. The van der Waals surface area contributed by atoms with Crippen LogP contribution in [0, 0.1) is 0 Å². The fourth-order valence-corrected chi connectivity index (χ4v) is 5.14. The van der Waals surface area contributed by atoms with Crippen LogP contribution in [0.1, 0.15) is 181 Å². The van der Waals surface area contributed by atoms with Crippen molar-refractivity contribution in [2.45, 2.75) is 181 Å². The van der Waals surface area contributed by atoms with E-state index < -0.39 is 0 Å². The van der Waals surface area contributed by atoms with E-state index in [2.05, 4.69) is 24.5 Å². The number of esters is 2. The van der Waals surface area contributed by atoms with Crippen LogP contribution in [0.3, 0.4) is 0 Å². The highest BCUT2D eigenvalue weighted by atomic mass is 16.5. The molecule has 276 valence electrons. The molecule has 0 radical (unpaired) electrons. The first-order valence-corrected chi connectivity index (χ1v) is 19.6. The maximum atomic E-state index is 11.5.